The largest absolute Gasteiger partial charge is 0.385 e. The van der Waals surface area contributed by atoms with Crippen LogP contribution < -0.4 is 15.8 Å². The summed E-state index contributed by atoms with van der Waals surface area (Å²) in [6.07, 6.45) is 0. The highest BCUT2D eigenvalue weighted by molar-refractivity contribution is 7.89. The lowest BCUT2D eigenvalue weighted by atomic mass is 10.3. The zero-order valence-corrected chi connectivity index (χ0v) is 11.1. The summed E-state index contributed by atoms with van der Waals surface area (Å²) in [4.78, 5) is 11.0. The lowest BCUT2D eigenvalue weighted by Crippen LogP contribution is -2.42. The van der Waals surface area contributed by atoms with Gasteiger partial charge in [0.25, 0.3) is 0 Å². The van der Waals surface area contributed by atoms with Gasteiger partial charge in [-0.25, -0.2) is 8.42 Å². The molecule has 1 aromatic rings. The van der Waals surface area contributed by atoms with Gasteiger partial charge in [-0.05, 0) is 32.0 Å². The van der Waals surface area contributed by atoms with Crippen LogP contribution in [0.4, 0.5) is 5.69 Å². The van der Waals surface area contributed by atoms with Gasteiger partial charge < -0.3 is 11.1 Å². The van der Waals surface area contributed by atoms with Gasteiger partial charge in [-0.15, -0.1) is 0 Å². The number of carbonyl (C=O) groups excluding carboxylic acids is 1. The van der Waals surface area contributed by atoms with Crippen LogP contribution in [0.15, 0.2) is 29.2 Å². The predicted octanol–water partition coefficient (Wildman–Crippen LogP) is 0.270. The summed E-state index contributed by atoms with van der Waals surface area (Å²) in [6.45, 7) is 4.00. The molecule has 7 heteroatoms. The first-order valence-corrected chi connectivity index (χ1v) is 7.00. The minimum atomic E-state index is -3.74. The maximum absolute atomic E-state index is 12.0. The Bertz CT molecular complexity index is 528. The van der Waals surface area contributed by atoms with Crippen molar-refractivity contribution in [2.75, 3.05) is 11.9 Å². The Hall–Kier alpha value is -1.60. The zero-order valence-electron chi connectivity index (χ0n) is 10.3. The standard InChI is InChI=1S/C11H17N3O3S/c1-3-13-9-5-4-6-10(7-9)18(16,17)14-8(2)11(12)15/h4-8,13-14H,3H2,1-2H3,(H2,12,15). The number of benzene rings is 1. The molecule has 0 aliphatic heterocycles. The van der Waals surface area contributed by atoms with Gasteiger partial charge in [0.05, 0.1) is 10.9 Å². The topological polar surface area (TPSA) is 101 Å². The maximum atomic E-state index is 12.0. The van der Waals surface area contributed by atoms with Gasteiger partial charge in [-0.1, -0.05) is 6.07 Å². The molecule has 1 aromatic carbocycles. The Morgan fingerprint density at radius 3 is 2.67 bits per heavy atom. The van der Waals surface area contributed by atoms with Crippen LogP contribution in [-0.4, -0.2) is 26.9 Å². The van der Waals surface area contributed by atoms with Crippen molar-refractivity contribution >= 4 is 21.6 Å². The summed E-state index contributed by atoms with van der Waals surface area (Å²) in [7, 11) is -3.74. The summed E-state index contributed by atoms with van der Waals surface area (Å²) >= 11 is 0. The number of anilines is 1. The number of hydrogen-bond acceptors (Lipinski definition) is 4. The first-order chi connectivity index (χ1) is 8.36. The van der Waals surface area contributed by atoms with Crippen LogP contribution in [0, 0.1) is 0 Å². The molecule has 4 N–H and O–H groups in total. The van der Waals surface area contributed by atoms with Gasteiger partial charge in [0, 0.05) is 12.2 Å². The van der Waals surface area contributed by atoms with E-state index in [2.05, 4.69) is 10.0 Å². The fourth-order valence-corrected chi connectivity index (χ4v) is 2.59. The van der Waals surface area contributed by atoms with E-state index < -0.39 is 22.0 Å². The van der Waals surface area contributed by atoms with Gasteiger partial charge in [0.2, 0.25) is 15.9 Å². The molecule has 0 spiro atoms. The number of nitrogens with two attached hydrogens (primary N) is 1. The molecule has 18 heavy (non-hydrogen) atoms. The molecule has 100 valence electrons. The number of sulfonamides is 1. The predicted molar refractivity (Wildman–Crippen MR) is 69.6 cm³/mol. The average Bonchev–Trinajstić information content (AvgIpc) is 2.29. The van der Waals surface area contributed by atoms with E-state index in [0.717, 1.165) is 0 Å². The monoisotopic (exact) mass is 271 g/mol. The van der Waals surface area contributed by atoms with Crippen LogP contribution in [-0.2, 0) is 14.8 Å². The first kappa shape index (κ1) is 14.5. The van der Waals surface area contributed by atoms with Crippen molar-refractivity contribution in [1.82, 2.24) is 4.72 Å². The molecule has 6 nitrogen and oxygen atoms in total. The molecular formula is C11H17N3O3S. The number of amides is 1. The molecule has 0 saturated carbocycles. The van der Waals surface area contributed by atoms with Gasteiger partial charge in [0.15, 0.2) is 0 Å². The Balaban J connectivity index is 2.97. The number of primary amides is 1. The van der Waals surface area contributed by atoms with Gasteiger partial charge in [-0.2, -0.15) is 4.72 Å². The van der Waals surface area contributed by atoms with Crippen LogP contribution in [0.5, 0.6) is 0 Å². The van der Waals surface area contributed by atoms with Gasteiger partial charge in [-0.3, -0.25) is 4.79 Å². The molecule has 0 radical (unpaired) electrons. The minimum absolute atomic E-state index is 0.0917. The van der Waals surface area contributed by atoms with E-state index in [1.807, 2.05) is 6.92 Å². The molecule has 0 heterocycles. The highest BCUT2D eigenvalue weighted by Gasteiger charge is 2.20. The lowest BCUT2D eigenvalue weighted by Gasteiger charge is -2.12. The van der Waals surface area contributed by atoms with Crippen LogP contribution in [0.1, 0.15) is 13.8 Å². The maximum Gasteiger partial charge on any atom is 0.241 e. The van der Waals surface area contributed by atoms with E-state index in [9.17, 15) is 13.2 Å². The minimum Gasteiger partial charge on any atom is -0.385 e. The fraction of sp³-hybridized carbons (Fsp3) is 0.364. The fourth-order valence-electron chi connectivity index (χ4n) is 1.34. The Morgan fingerprint density at radius 1 is 1.44 bits per heavy atom. The van der Waals surface area contributed by atoms with E-state index >= 15 is 0 Å². The number of carbonyl (C=O) groups is 1. The average molecular weight is 271 g/mol. The number of nitrogens with one attached hydrogen (secondary N) is 2. The van der Waals surface area contributed by atoms with E-state index in [0.29, 0.717) is 12.2 Å². The SMILES string of the molecule is CCNc1cccc(S(=O)(=O)NC(C)C(N)=O)c1. The highest BCUT2D eigenvalue weighted by atomic mass is 32.2. The molecule has 0 aliphatic rings. The molecule has 0 aliphatic carbocycles. The Kier molecular flexibility index (Phi) is 4.69. The molecule has 0 fully saturated rings. The lowest BCUT2D eigenvalue weighted by molar-refractivity contribution is -0.119. The molecule has 1 unspecified atom stereocenters. The second kappa shape index (κ2) is 5.83. The molecule has 0 aromatic heterocycles. The third-order valence-electron chi connectivity index (χ3n) is 2.28. The van der Waals surface area contributed by atoms with Crippen molar-refractivity contribution in [1.29, 1.82) is 0 Å². The van der Waals surface area contributed by atoms with Crippen molar-refractivity contribution in [2.45, 2.75) is 24.8 Å². The third-order valence-corrected chi connectivity index (χ3v) is 3.82. The van der Waals surface area contributed by atoms with E-state index in [1.165, 1.54) is 19.1 Å². The van der Waals surface area contributed by atoms with E-state index in [4.69, 9.17) is 5.73 Å². The van der Waals surface area contributed by atoms with Crippen LogP contribution >= 0.6 is 0 Å². The molecular weight excluding hydrogens is 254 g/mol. The second-order valence-electron chi connectivity index (χ2n) is 3.80. The third kappa shape index (κ3) is 3.71. The van der Waals surface area contributed by atoms with Crippen LogP contribution in [0.2, 0.25) is 0 Å². The number of rotatable bonds is 6. The number of hydrogen-bond donors (Lipinski definition) is 3. The molecule has 1 amide bonds. The van der Waals surface area contributed by atoms with E-state index in [1.54, 1.807) is 12.1 Å². The van der Waals surface area contributed by atoms with Gasteiger partial charge in [0.1, 0.15) is 0 Å². The smallest absolute Gasteiger partial charge is 0.241 e. The highest BCUT2D eigenvalue weighted by Crippen LogP contribution is 2.15. The quantitative estimate of drug-likeness (QED) is 0.691. The summed E-state index contributed by atoms with van der Waals surface area (Å²) in [5, 5.41) is 3.01. The summed E-state index contributed by atoms with van der Waals surface area (Å²) in [5.41, 5.74) is 5.72. The zero-order chi connectivity index (χ0) is 13.8. The second-order valence-corrected chi connectivity index (χ2v) is 5.52. The molecule has 0 bridgehead atoms. The first-order valence-electron chi connectivity index (χ1n) is 5.52. The normalized spacial score (nSPS) is 13.0. The van der Waals surface area contributed by atoms with Crippen molar-refractivity contribution in [2.24, 2.45) is 5.73 Å². The molecule has 1 atom stereocenters. The van der Waals surface area contributed by atoms with Crippen molar-refractivity contribution in [3.63, 3.8) is 0 Å². The molecule has 1 rings (SSSR count). The molecule has 0 saturated heterocycles. The van der Waals surface area contributed by atoms with Crippen molar-refractivity contribution < 1.29 is 13.2 Å². The van der Waals surface area contributed by atoms with Crippen molar-refractivity contribution in [3.8, 4) is 0 Å². The van der Waals surface area contributed by atoms with Gasteiger partial charge >= 0.3 is 0 Å². The van der Waals surface area contributed by atoms with Crippen LogP contribution in [0.3, 0.4) is 0 Å². The van der Waals surface area contributed by atoms with Crippen LogP contribution in [0.25, 0.3) is 0 Å². The summed E-state index contributed by atoms with van der Waals surface area (Å²) < 4.78 is 26.1. The van der Waals surface area contributed by atoms with Crippen molar-refractivity contribution in [3.05, 3.63) is 24.3 Å². The van der Waals surface area contributed by atoms with E-state index in [-0.39, 0.29) is 4.90 Å². The summed E-state index contributed by atoms with van der Waals surface area (Å²) in [6, 6.07) is 5.40. The Morgan fingerprint density at radius 2 is 2.11 bits per heavy atom. The Labute approximate surface area is 107 Å². The summed E-state index contributed by atoms with van der Waals surface area (Å²) in [5.74, 6) is -0.721.